The normalized spacial score (nSPS) is 9.96. The molecule has 0 radical (unpaired) electrons. The molecule has 2 N–H and O–H groups in total. The number of amides is 1. The Morgan fingerprint density at radius 3 is 2.57 bits per heavy atom. The van der Waals surface area contributed by atoms with E-state index in [0.717, 1.165) is 6.07 Å². The van der Waals surface area contributed by atoms with Gasteiger partial charge in [0, 0.05) is 6.07 Å². The molecule has 0 aliphatic carbocycles. The number of non-ortho nitro benzene ring substituents is 1. The minimum atomic E-state index is -0.643. The minimum Gasteiger partial charge on any atom is -0.506 e. The minimum absolute atomic E-state index is 0.0595. The van der Waals surface area contributed by atoms with Gasteiger partial charge in [-0.05, 0) is 18.2 Å². The molecule has 0 unspecified atom stereocenters. The van der Waals surface area contributed by atoms with Crippen LogP contribution in [0.4, 0.5) is 11.4 Å². The molecule has 2 aromatic rings. The Balaban J connectivity index is 1.98. The van der Waals surface area contributed by atoms with Crippen molar-refractivity contribution in [3.63, 3.8) is 0 Å². The van der Waals surface area contributed by atoms with E-state index in [9.17, 15) is 20.0 Å². The van der Waals surface area contributed by atoms with Gasteiger partial charge in [0.05, 0.1) is 23.8 Å². The fraction of sp³-hybridized carbons (Fsp3) is 0.133. The Hall–Kier alpha value is -3.29. The highest BCUT2D eigenvalue weighted by Crippen LogP contribution is 2.28. The number of rotatable bonds is 6. The van der Waals surface area contributed by atoms with Gasteiger partial charge < -0.3 is 19.9 Å². The van der Waals surface area contributed by atoms with Crippen molar-refractivity contribution in [2.24, 2.45) is 0 Å². The number of benzene rings is 2. The summed E-state index contributed by atoms with van der Waals surface area (Å²) in [7, 11) is 1.48. The number of para-hydroxylation sites is 2. The third kappa shape index (κ3) is 4.10. The average molecular weight is 318 g/mol. The molecule has 0 heterocycles. The molecule has 0 aromatic heterocycles. The van der Waals surface area contributed by atoms with E-state index in [2.05, 4.69) is 5.32 Å². The van der Waals surface area contributed by atoms with E-state index in [1.165, 1.54) is 19.2 Å². The van der Waals surface area contributed by atoms with Crippen LogP contribution >= 0.6 is 0 Å². The van der Waals surface area contributed by atoms with Gasteiger partial charge in [-0.1, -0.05) is 12.1 Å². The zero-order valence-electron chi connectivity index (χ0n) is 12.2. The molecule has 23 heavy (non-hydrogen) atoms. The lowest BCUT2D eigenvalue weighted by atomic mass is 10.2. The molecule has 0 bridgehead atoms. The van der Waals surface area contributed by atoms with Gasteiger partial charge in [-0.25, -0.2) is 0 Å². The first-order valence-corrected chi connectivity index (χ1v) is 6.54. The molecule has 0 aliphatic heterocycles. The summed E-state index contributed by atoms with van der Waals surface area (Å²) in [6, 6.07) is 10.2. The SMILES string of the molecule is COc1ccccc1OCC(=O)Nc1ccc([N+](=O)[O-])cc1O. The van der Waals surface area contributed by atoms with Crippen LogP contribution in [0.1, 0.15) is 0 Å². The summed E-state index contributed by atoms with van der Waals surface area (Å²) in [4.78, 5) is 21.8. The molecule has 0 aliphatic rings. The monoisotopic (exact) mass is 318 g/mol. The molecule has 2 rings (SSSR count). The third-order valence-electron chi connectivity index (χ3n) is 2.89. The Bertz CT molecular complexity index is 732. The van der Waals surface area contributed by atoms with Crippen molar-refractivity contribution in [1.29, 1.82) is 0 Å². The summed E-state index contributed by atoms with van der Waals surface area (Å²) < 4.78 is 10.4. The van der Waals surface area contributed by atoms with Gasteiger partial charge in [0.1, 0.15) is 5.75 Å². The van der Waals surface area contributed by atoms with Crippen LogP contribution in [0, 0.1) is 10.1 Å². The van der Waals surface area contributed by atoms with Crippen LogP contribution < -0.4 is 14.8 Å². The number of anilines is 1. The zero-order valence-corrected chi connectivity index (χ0v) is 12.2. The van der Waals surface area contributed by atoms with Crippen molar-refractivity contribution in [2.45, 2.75) is 0 Å². The number of aromatic hydroxyl groups is 1. The number of carbonyl (C=O) groups excluding carboxylic acids is 1. The van der Waals surface area contributed by atoms with Crippen molar-refractivity contribution in [1.82, 2.24) is 0 Å². The number of nitrogens with zero attached hydrogens (tertiary/aromatic N) is 1. The van der Waals surface area contributed by atoms with Gasteiger partial charge in [-0.3, -0.25) is 14.9 Å². The van der Waals surface area contributed by atoms with Gasteiger partial charge in [-0.15, -0.1) is 0 Å². The smallest absolute Gasteiger partial charge is 0.273 e. The van der Waals surface area contributed by atoms with Gasteiger partial charge in [-0.2, -0.15) is 0 Å². The summed E-state index contributed by atoms with van der Waals surface area (Å²) in [6.07, 6.45) is 0. The van der Waals surface area contributed by atoms with Crippen molar-refractivity contribution in [3.8, 4) is 17.2 Å². The summed E-state index contributed by atoms with van der Waals surface area (Å²) in [5.74, 6) is -0.0403. The van der Waals surface area contributed by atoms with Crippen molar-refractivity contribution in [3.05, 3.63) is 52.6 Å². The van der Waals surface area contributed by atoms with Crippen LogP contribution in [-0.4, -0.2) is 29.7 Å². The Kier molecular flexibility index (Phi) is 4.98. The Labute approximate surface area is 131 Å². The summed E-state index contributed by atoms with van der Waals surface area (Å²) in [6.45, 7) is -0.309. The number of ether oxygens (including phenoxy) is 2. The van der Waals surface area contributed by atoms with Crippen LogP contribution in [0.2, 0.25) is 0 Å². The van der Waals surface area contributed by atoms with E-state index in [1.807, 2.05) is 0 Å². The number of carbonyl (C=O) groups is 1. The maximum absolute atomic E-state index is 11.8. The summed E-state index contributed by atoms with van der Waals surface area (Å²) in [5.41, 5.74) is -0.213. The van der Waals surface area contributed by atoms with Crippen LogP contribution in [0.25, 0.3) is 0 Å². The Morgan fingerprint density at radius 2 is 1.96 bits per heavy atom. The van der Waals surface area contributed by atoms with Gasteiger partial charge in [0.2, 0.25) is 0 Å². The van der Waals surface area contributed by atoms with Crippen LogP contribution in [0.3, 0.4) is 0 Å². The van der Waals surface area contributed by atoms with E-state index < -0.39 is 16.6 Å². The topological polar surface area (TPSA) is 111 Å². The molecule has 2 aromatic carbocycles. The number of phenolic OH excluding ortho intramolecular Hbond substituents is 1. The number of nitrogens with one attached hydrogen (secondary N) is 1. The number of phenols is 1. The van der Waals surface area contributed by atoms with E-state index >= 15 is 0 Å². The first-order chi connectivity index (χ1) is 11.0. The molecule has 0 saturated carbocycles. The van der Waals surface area contributed by atoms with Gasteiger partial charge in [0.25, 0.3) is 11.6 Å². The lowest BCUT2D eigenvalue weighted by Crippen LogP contribution is -2.20. The van der Waals surface area contributed by atoms with Crippen molar-refractivity contribution < 1.29 is 24.3 Å². The maximum atomic E-state index is 11.8. The van der Waals surface area contributed by atoms with Crippen molar-refractivity contribution in [2.75, 3.05) is 19.0 Å². The van der Waals surface area contributed by atoms with Crippen LogP contribution in [-0.2, 0) is 4.79 Å². The predicted molar refractivity (Wildman–Crippen MR) is 81.9 cm³/mol. The number of hydrogen-bond donors (Lipinski definition) is 2. The highest BCUT2D eigenvalue weighted by Gasteiger charge is 2.13. The molecule has 0 saturated heterocycles. The largest absolute Gasteiger partial charge is 0.506 e. The first-order valence-electron chi connectivity index (χ1n) is 6.54. The molecule has 120 valence electrons. The van der Waals surface area contributed by atoms with E-state index in [1.54, 1.807) is 24.3 Å². The zero-order chi connectivity index (χ0) is 16.8. The lowest BCUT2D eigenvalue weighted by Gasteiger charge is -2.11. The fourth-order valence-corrected chi connectivity index (χ4v) is 1.81. The molecule has 0 fully saturated rings. The second-order valence-electron chi connectivity index (χ2n) is 4.45. The average Bonchev–Trinajstić information content (AvgIpc) is 2.54. The second-order valence-corrected chi connectivity index (χ2v) is 4.45. The standard InChI is InChI=1S/C15H14N2O6/c1-22-13-4-2-3-5-14(13)23-9-15(19)16-11-7-6-10(17(20)21)8-12(11)18/h2-8,18H,9H2,1H3,(H,16,19). The summed E-state index contributed by atoms with van der Waals surface area (Å²) in [5, 5.41) is 22.7. The van der Waals surface area contributed by atoms with Crippen LogP contribution in [0.5, 0.6) is 17.2 Å². The lowest BCUT2D eigenvalue weighted by molar-refractivity contribution is -0.384. The second kappa shape index (κ2) is 7.12. The molecule has 0 spiro atoms. The van der Waals surface area contributed by atoms with E-state index in [0.29, 0.717) is 11.5 Å². The molecular weight excluding hydrogens is 304 g/mol. The van der Waals surface area contributed by atoms with E-state index in [-0.39, 0.29) is 18.0 Å². The summed E-state index contributed by atoms with van der Waals surface area (Å²) >= 11 is 0. The number of hydrogen-bond acceptors (Lipinski definition) is 6. The van der Waals surface area contributed by atoms with Gasteiger partial charge >= 0.3 is 0 Å². The molecule has 0 atom stereocenters. The molecule has 8 heteroatoms. The highest BCUT2D eigenvalue weighted by atomic mass is 16.6. The number of nitro benzene ring substituents is 1. The predicted octanol–water partition coefficient (Wildman–Crippen LogP) is 2.33. The Morgan fingerprint density at radius 1 is 1.26 bits per heavy atom. The quantitative estimate of drug-likeness (QED) is 0.480. The van der Waals surface area contributed by atoms with Crippen LogP contribution in [0.15, 0.2) is 42.5 Å². The number of nitro groups is 1. The highest BCUT2D eigenvalue weighted by molar-refractivity contribution is 5.93. The first kappa shape index (κ1) is 16.1. The fourth-order valence-electron chi connectivity index (χ4n) is 1.81. The van der Waals surface area contributed by atoms with Gasteiger partial charge in [0.15, 0.2) is 18.1 Å². The van der Waals surface area contributed by atoms with Crippen molar-refractivity contribution >= 4 is 17.3 Å². The maximum Gasteiger partial charge on any atom is 0.273 e. The molecule has 8 nitrogen and oxygen atoms in total. The number of methoxy groups -OCH3 is 1. The van der Waals surface area contributed by atoms with E-state index in [4.69, 9.17) is 9.47 Å². The third-order valence-corrected chi connectivity index (χ3v) is 2.89. The molecular formula is C15H14N2O6. The molecule has 1 amide bonds.